The average molecular weight is 211 g/mol. The minimum absolute atomic E-state index is 0.211. The SMILES string of the molecule is C=CCC[C@@H](O)CN[C@H]1CCCC[C@@H]1C. The zero-order chi connectivity index (χ0) is 11.1. The molecule has 0 bridgehead atoms. The molecule has 0 saturated heterocycles. The van der Waals surface area contributed by atoms with Crippen LogP contribution in [0.3, 0.4) is 0 Å². The Morgan fingerprint density at radius 2 is 2.20 bits per heavy atom. The van der Waals surface area contributed by atoms with Crippen molar-refractivity contribution in [3.63, 3.8) is 0 Å². The highest BCUT2D eigenvalue weighted by atomic mass is 16.3. The number of nitrogens with one attached hydrogen (secondary N) is 1. The fraction of sp³-hybridized carbons (Fsp3) is 0.846. The van der Waals surface area contributed by atoms with Crippen LogP contribution in [-0.2, 0) is 0 Å². The Morgan fingerprint density at radius 3 is 2.87 bits per heavy atom. The largest absolute Gasteiger partial charge is 0.392 e. The second kappa shape index (κ2) is 7.02. The average Bonchev–Trinajstić information content (AvgIpc) is 2.25. The summed E-state index contributed by atoms with van der Waals surface area (Å²) in [6, 6.07) is 0.622. The van der Waals surface area contributed by atoms with Crippen molar-refractivity contribution in [3.8, 4) is 0 Å². The van der Waals surface area contributed by atoms with Gasteiger partial charge in [0.05, 0.1) is 6.10 Å². The highest BCUT2D eigenvalue weighted by Crippen LogP contribution is 2.23. The first-order valence-electron chi connectivity index (χ1n) is 6.26. The van der Waals surface area contributed by atoms with Crippen LogP contribution in [0.4, 0.5) is 0 Å². The van der Waals surface area contributed by atoms with Crippen LogP contribution in [0.2, 0.25) is 0 Å². The quantitative estimate of drug-likeness (QED) is 0.662. The van der Waals surface area contributed by atoms with Crippen LogP contribution < -0.4 is 5.32 Å². The summed E-state index contributed by atoms with van der Waals surface area (Å²) in [5.41, 5.74) is 0. The van der Waals surface area contributed by atoms with E-state index in [2.05, 4.69) is 18.8 Å². The number of hydrogen-bond donors (Lipinski definition) is 2. The van der Waals surface area contributed by atoms with Gasteiger partial charge in [0.2, 0.25) is 0 Å². The van der Waals surface area contributed by atoms with Crippen molar-refractivity contribution in [2.24, 2.45) is 5.92 Å². The Bertz CT molecular complexity index is 181. The van der Waals surface area contributed by atoms with Crippen LogP contribution in [0.25, 0.3) is 0 Å². The lowest BCUT2D eigenvalue weighted by atomic mass is 9.86. The topological polar surface area (TPSA) is 32.3 Å². The van der Waals surface area contributed by atoms with Gasteiger partial charge in [0, 0.05) is 12.6 Å². The molecule has 2 nitrogen and oxygen atoms in total. The number of rotatable bonds is 6. The lowest BCUT2D eigenvalue weighted by molar-refractivity contribution is 0.148. The van der Waals surface area contributed by atoms with Crippen LogP contribution in [0.15, 0.2) is 12.7 Å². The van der Waals surface area contributed by atoms with E-state index in [4.69, 9.17) is 0 Å². The van der Waals surface area contributed by atoms with Crippen molar-refractivity contribution in [1.29, 1.82) is 0 Å². The lowest BCUT2D eigenvalue weighted by Gasteiger charge is -2.30. The summed E-state index contributed by atoms with van der Waals surface area (Å²) in [4.78, 5) is 0. The molecule has 0 aromatic rings. The summed E-state index contributed by atoms with van der Waals surface area (Å²) in [5.74, 6) is 0.769. The maximum atomic E-state index is 9.69. The van der Waals surface area contributed by atoms with Crippen LogP contribution in [0.5, 0.6) is 0 Å². The lowest BCUT2D eigenvalue weighted by Crippen LogP contribution is -2.41. The van der Waals surface area contributed by atoms with E-state index >= 15 is 0 Å². The molecule has 1 rings (SSSR count). The summed E-state index contributed by atoms with van der Waals surface area (Å²) in [6.07, 6.45) is 8.71. The molecule has 0 unspecified atom stereocenters. The van der Waals surface area contributed by atoms with Crippen molar-refractivity contribution >= 4 is 0 Å². The van der Waals surface area contributed by atoms with Gasteiger partial charge in [-0.15, -0.1) is 6.58 Å². The van der Waals surface area contributed by atoms with Gasteiger partial charge < -0.3 is 10.4 Å². The molecule has 0 amide bonds. The van der Waals surface area contributed by atoms with Gasteiger partial charge in [-0.2, -0.15) is 0 Å². The summed E-state index contributed by atoms with van der Waals surface area (Å²) < 4.78 is 0. The van der Waals surface area contributed by atoms with Crippen molar-refractivity contribution in [3.05, 3.63) is 12.7 Å². The monoisotopic (exact) mass is 211 g/mol. The van der Waals surface area contributed by atoms with E-state index in [1.54, 1.807) is 0 Å². The highest BCUT2D eigenvalue weighted by molar-refractivity contribution is 4.79. The van der Waals surface area contributed by atoms with Gasteiger partial charge >= 0.3 is 0 Å². The highest BCUT2D eigenvalue weighted by Gasteiger charge is 2.20. The number of aliphatic hydroxyl groups is 1. The molecule has 2 N–H and O–H groups in total. The fourth-order valence-electron chi connectivity index (χ4n) is 2.32. The second-order valence-corrected chi connectivity index (χ2v) is 4.80. The standard InChI is InChI=1S/C13H25NO/c1-3-4-8-12(15)10-14-13-9-6-5-7-11(13)2/h3,11-15H,1,4-10H2,2H3/t11-,12+,13-/m0/s1. The van der Waals surface area contributed by atoms with E-state index in [0.717, 1.165) is 25.3 Å². The molecule has 0 aromatic heterocycles. The van der Waals surface area contributed by atoms with Crippen LogP contribution in [0, 0.1) is 5.92 Å². The Labute approximate surface area is 93.8 Å². The molecule has 1 aliphatic rings. The fourth-order valence-corrected chi connectivity index (χ4v) is 2.32. The zero-order valence-electron chi connectivity index (χ0n) is 9.91. The number of hydrogen-bond acceptors (Lipinski definition) is 2. The van der Waals surface area contributed by atoms with Crippen molar-refractivity contribution in [2.45, 2.75) is 57.6 Å². The van der Waals surface area contributed by atoms with Gasteiger partial charge in [-0.1, -0.05) is 25.8 Å². The third-order valence-corrected chi connectivity index (χ3v) is 3.43. The molecule has 1 fully saturated rings. The normalized spacial score (nSPS) is 28.7. The minimum atomic E-state index is -0.211. The molecule has 1 aliphatic carbocycles. The van der Waals surface area contributed by atoms with Gasteiger partial charge in [0.25, 0.3) is 0 Å². The molecule has 0 aliphatic heterocycles. The molecule has 0 heterocycles. The Morgan fingerprint density at radius 1 is 1.47 bits per heavy atom. The summed E-state index contributed by atoms with van der Waals surface area (Å²) in [6.45, 7) is 6.71. The number of allylic oxidation sites excluding steroid dienone is 1. The Balaban J connectivity index is 2.14. The molecule has 0 spiro atoms. The smallest absolute Gasteiger partial charge is 0.0667 e. The molecule has 0 aromatic carbocycles. The Kier molecular flexibility index (Phi) is 5.96. The first-order valence-corrected chi connectivity index (χ1v) is 6.26. The third kappa shape index (κ3) is 4.80. The molecule has 88 valence electrons. The molecule has 3 atom stereocenters. The van der Waals surface area contributed by atoms with Gasteiger partial charge in [0.15, 0.2) is 0 Å². The van der Waals surface area contributed by atoms with Crippen molar-refractivity contribution in [2.75, 3.05) is 6.54 Å². The first kappa shape index (κ1) is 12.7. The van der Waals surface area contributed by atoms with E-state index in [0.29, 0.717) is 6.04 Å². The molecule has 2 heteroatoms. The predicted molar refractivity (Wildman–Crippen MR) is 64.9 cm³/mol. The van der Waals surface area contributed by atoms with Gasteiger partial charge in [-0.05, 0) is 31.6 Å². The van der Waals surface area contributed by atoms with Gasteiger partial charge in [-0.3, -0.25) is 0 Å². The van der Waals surface area contributed by atoms with Crippen LogP contribution in [-0.4, -0.2) is 23.8 Å². The van der Waals surface area contributed by atoms with Gasteiger partial charge in [0.1, 0.15) is 0 Å². The van der Waals surface area contributed by atoms with E-state index in [9.17, 15) is 5.11 Å². The summed E-state index contributed by atoms with van der Waals surface area (Å²) in [5, 5.41) is 13.2. The van der Waals surface area contributed by atoms with E-state index in [1.807, 2.05) is 6.08 Å². The van der Waals surface area contributed by atoms with Crippen molar-refractivity contribution < 1.29 is 5.11 Å². The van der Waals surface area contributed by atoms with E-state index in [-0.39, 0.29) is 6.10 Å². The first-order chi connectivity index (χ1) is 7.24. The minimum Gasteiger partial charge on any atom is -0.392 e. The Hall–Kier alpha value is -0.340. The molecule has 0 radical (unpaired) electrons. The van der Waals surface area contributed by atoms with Crippen molar-refractivity contribution in [1.82, 2.24) is 5.32 Å². The van der Waals surface area contributed by atoms with E-state index < -0.39 is 0 Å². The molecular weight excluding hydrogens is 186 g/mol. The zero-order valence-corrected chi connectivity index (χ0v) is 9.91. The molecule has 15 heavy (non-hydrogen) atoms. The van der Waals surface area contributed by atoms with E-state index in [1.165, 1.54) is 25.7 Å². The predicted octanol–water partition coefficient (Wildman–Crippen LogP) is 2.48. The maximum Gasteiger partial charge on any atom is 0.0667 e. The summed E-state index contributed by atoms with van der Waals surface area (Å²) >= 11 is 0. The summed E-state index contributed by atoms with van der Waals surface area (Å²) in [7, 11) is 0. The molecule has 1 saturated carbocycles. The molecular formula is C13H25NO. The third-order valence-electron chi connectivity index (χ3n) is 3.43. The maximum absolute atomic E-state index is 9.69. The number of aliphatic hydroxyl groups excluding tert-OH is 1. The second-order valence-electron chi connectivity index (χ2n) is 4.80. The van der Waals surface area contributed by atoms with Gasteiger partial charge in [-0.25, -0.2) is 0 Å². The van der Waals surface area contributed by atoms with Crippen LogP contribution >= 0.6 is 0 Å². The van der Waals surface area contributed by atoms with Crippen LogP contribution in [0.1, 0.15) is 45.4 Å².